The van der Waals surface area contributed by atoms with E-state index in [-0.39, 0.29) is 51.2 Å². The molecule has 0 aliphatic heterocycles. The van der Waals surface area contributed by atoms with Crippen LogP contribution in [0.3, 0.4) is 0 Å². The topological polar surface area (TPSA) is 115 Å². The second-order valence-corrected chi connectivity index (χ2v) is 12.7. The molecule has 188 valence electrons. The molecule has 6 nitrogen and oxygen atoms in total. The second-order valence-electron chi connectivity index (χ2n) is 12.7. The fourth-order valence-electron chi connectivity index (χ4n) is 8.23. The van der Waals surface area contributed by atoms with Gasteiger partial charge in [0.15, 0.2) is 12.6 Å². The molecule has 0 saturated heterocycles. The number of phenolic OH excluding ortho intramolecular Hbond substituents is 3. The Balaban J connectivity index is 1.94. The lowest BCUT2D eigenvalue weighted by Gasteiger charge is -2.45. The van der Waals surface area contributed by atoms with Crippen LogP contribution in [0.4, 0.5) is 0 Å². The van der Waals surface area contributed by atoms with Crippen LogP contribution in [0.5, 0.6) is 17.2 Å². The van der Waals surface area contributed by atoms with Crippen molar-refractivity contribution < 1.29 is 30.0 Å². The number of carbonyl (C=O) groups is 2. The van der Waals surface area contributed by atoms with Crippen LogP contribution >= 0.6 is 0 Å². The van der Waals surface area contributed by atoms with Gasteiger partial charge < -0.3 is 20.4 Å². The van der Waals surface area contributed by atoms with E-state index in [9.17, 15) is 30.0 Å². The number of phenols is 3. The zero-order chi connectivity index (χ0) is 25.4. The van der Waals surface area contributed by atoms with Gasteiger partial charge in [0.1, 0.15) is 17.2 Å². The number of aldehydes is 2. The fourth-order valence-corrected chi connectivity index (χ4v) is 8.23. The molecule has 1 aromatic carbocycles. The van der Waals surface area contributed by atoms with E-state index in [4.69, 9.17) is 0 Å². The minimum Gasteiger partial charge on any atom is -0.507 e. The van der Waals surface area contributed by atoms with Crippen LogP contribution in [-0.4, -0.2) is 38.6 Å². The Kier molecular flexibility index (Phi) is 5.87. The minimum atomic E-state index is -0.782. The Morgan fingerprint density at radius 2 is 1.38 bits per heavy atom. The number of carbonyl (C=O) groups excluding carboxylic acids is 2. The smallest absolute Gasteiger partial charge is 0.157 e. The average molecular weight is 473 g/mol. The van der Waals surface area contributed by atoms with E-state index in [1.807, 2.05) is 6.92 Å². The predicted octanol–water partition coefficient (Wildman–Crippen LogP) is 5.41. The normalized spacial score (nSPS) is 36.9. The summed E-state index contributed by atoms with van der Waals surface area (Å²) in [7, 11) is 0. The van der Waals surface area contributed by atoms with E-state index in [1.165, 1.54) is 0 Å². The Morgan fingerprint density at radius 1 is 0.853 bits per heavy atom. The molecule has 3 aliphatic rings. The maximum atomic E-state index is 11.8. The van der Waals surface area contributed by atoms with Crippen molar-refractivity contribution in [1.82, 2.24) is 0 Å². The third kappa shape index (κ3) is 3.39. The highest BCUT2D eigenvalue weighted by atomic mass is 16.3. The summed E-state index contributed by atoms with van der Waals surface area (Å²) in [6.45, 7) is 12.9. The van der Waals surface area contributed by atoms with Crippen LogP contribution < -0.4 is 0 Å². The maximum absolute atomic E-state index is 11.8. The molecule has 6 heteroatoms. The first kappa shape index (κ1) is 25.0. The van der Waals surface area contributed by atoms with Crippen molar-refractivity contribution in [3.05, 3.63) is 16.7 Å². The van der Waals surface area contributed by atoms with E-state index in [2.05, 4.69) is 34.6 Å². The minimum absolute atomic E-state index is 0.0985. The molecule has 4 unspecified atom stereocenters. The third-order valence-corrected chi connectivity index (χ3v) is 10.1. The second kappa shape index (κ2) is 7.97. The maximum Gasteiger partial charge on any atom is 0.157 e. The van der Waals surface area contributed by atoms with Gasteiger partial charge in [-0.2, -0.15) is 0 Å². The quantitative estimate of drug-likeness (QED) is 0.412. The first-order valence-electron chi connectivity index (χ1n) is 12.7. The van der Waals surface area contributed by atoms with Gasteiger partial charge in [-0.3, -0.25) is 9.59 Å². The molecule has 1 aromatic rings. The Hall–Kier alpha value is -2.08. The fraction of sp³-hybridized carbons (Fsp3) is 0.714. The summed E-state index contributed by atoms with van der Waals surface area (Å²) >= 11 is 0. The lowest BCUT2D eigenvalue weighted by Crippen LogP contribution is -2.42. The molecule has 0 amide bonds. The monoisotopic (exact) mass is 472 g/mol. The molecule has 0 bridgehead atoms. The summed E-state index contributed by atoms with van der Waals surface area (Å²) in [6.07, 6.45) is 4.71. The predicted molar refractivity (Wildman–Crippen MR) is 129 cm³/mol. The van der Waals surface area contributed by atoms with Crippen molar-refractivity contribution in [2.75, 3.05) is 0 Å². The number of benzene rings is 1. The molecule has 34 heavy (non-hydrogen) atoms. The highest BCUT2D eigenvalue weighted by Crippen LogP contribution is 2.76. The summed E-state index contributed by atoms with van der Waals surface area (Å²) in [5.41, 5.74) is -1.55. The Bertz CT molecular complexity index is 974. The van der Waals surface area contributed by atoms with Crippen LogP contribution in [0.1, 0.15) is 106 Å². The largest absolute Gasteiger partial charge is 0.507 e. The van der Waals surface area contributed by atoms with E-state index in [0.717, 1.165) is 25.7 Å². The van der Waals surface area contributed by atoms with Gasteiger partial charge in [0.2, 0.25) is 0 Å². The molecule has 3 fully saturated rings. The SMILES string of the molecule is CC(C)C[C@@H](c1c(O)c(C=O)c(O)c(C=O)c1O)[C@@]1(C)CCC2C1C1C(CC[C@@]2(C)O)C1(C)C. The summed E-state index contributed by atoms with van der Waals surface area (Å²) in [5.74, 6) is -0.524. The van der Waals surface area contributed by atoms with Crippen LogP contribution in [0.2, 0.25) is 0 Å². The lowest BCUT2D eigenvalue weighted by atomic mass is 9.59. The van der Waals surface area contributed by atoms with Gasteiger partial charge in [-0.05, 0) is 85.4 Å². The van der Waals surface area contributed by atoms with Crippen LogP contribution in [0.15, 0.2) is 0 Å². The molecule has 0 aromatic heterocycles. The van der Waals surface area contributed by atoms with Crippen molar-refractivity contribution in [2.45, 2.75) is 85.2 Å². The molecule has 0 radical (unpaired) electrons. The first-order valence-corrected chi connectivity index (χ1v) is 12.7. The standard InChI is InChI=1S/C28H40O6/c1-14(2)11-19(20-24(32)15(12-29)23(31)16(13-30)25(20)33)27(5)9-7-18-22(27)21-17(26(21,3)4)8-10-28(18,6)34/h12-14,17-19,21-22,31-34H,7-11H2,1-6H3/t17?,18?,19-,21?,22?,27+,28+/m0/s1. The van der Waals surface area contributed by atoms with Gasteiger partial charge in [0, 0.05) is 5.56 Å². The molecule has 3 saturated carbocycles. The van der Waals surface area contributed by atoms with Crippen LogP contribution in [0.25, 0.3) is 0 Å². The molecule has 0 heterocycles. The first-order chi connectivity index (χ1) is 15.7. The number of hydrogen-bond donors (Lipinski definition) is 4. The van der Waals surface area contributed by atoms with Crippen LogP contribution in [0, 0.1) is 40.4 Å². The molecule has 7 atom stereocenters. The zero-order valence-electron chi connectivity index (χ0n) is 21.3. The molecule has 4 rings (SSSR count). The molecular formula is C28H40O6. The zero-order valence-corrected chi connectivity index (χ0v) is 21.3. The van der Waals surface area contributed by atoms with E-state index < -0.39 is 22.8 Å². The highest BCUT2D eigenvalue weighted by molar-refractivity contribution is 5.95. The number of aromatic hydroxyl groups is 3. The van der Waals surface area contributed by atoms with E-state index >= 15 is 0 Å². The Labute approximate surface area is 202 Å². The van der Waals surface area contributed by atoms with Gasteiger partial charge in [0.05, 0.1) is 16.7 Å². The summed E-state index contributed by atoms with van der Waals surface area (Å²) < 4.78 is 0. The third-order valence-electron chi connectivity index (χ3n) is 10.1. The van der Waals surface area contributed by atoms with Crippen LogP contribution in [-0.2, 0) is 0 Å². The van der Waals surface area contributed by atoms with Crippen molar-refractivity contribution in [1.29, 1.82) is 0 Å². The molecular weight excluding hydrogens is 432 g/mol. The number of aliphatic hydroxyl groups is 1. The number of fused-ring (bicyclic) bond motifs is 3. The van der Waals surface area contributed by atoms with Crippen molar-refractivity contribution in [3.63, 3.8) is 0 Å². The van der Waals surface area contributed by atoms with Gasteiger partial charge in [0.25, 0.3) is 0 Å². The number of rotatable bonds is 6. The van der Waals surface area contributed by atoms with Crippen molar-refractivity contribution in [3.8, 4) is 17.2 Å². The summed E-state index contributed by atoms with van der Waals surface area (Å²) in [4.78, 5) is 23.6. The average Bonchev–Trinajstić information content (AvgIpc) is 3.13. The van der Waals surface area contributed by atoms with E-state index in [0.29, 0.717) is 30.8 Å². The Morgan fingerprint density at radius 3 is 1.88 bits per heavy atom. The molecule has 4 N–H and O–H groups in total. The van der Waals surface area contributed by atoms with Crippen molar-refractivity contribution in [2.24, 2.45) is 40.4 Å². The van der Waals surface area contributed by atoms with Crippen molar-refractivity contribution >= 4 is 12.6 Å². The summed E-state index contributed by atoms with van der Waals surface area (Å²) in [6, 6.07) is 0. The van der Waals surface area contributed by atoms with Gasteiger partial charge >= 0.3 is 0 Å². The number of hydrogen-bond acceptors (Lipinski definition) is 6. The van der Waals surface area contributed by atoms with Gasteiger partial charge in [-0.25, -0.2) is 0 Å². The molecule has 0 spiro atoms. The van der Waals surface area contributed by atoms with Gasteiger partial charge in [-0.15, -0.1) is 0 Å². The van der Waals surface area contributed by atoms with Gasteiger partial charge in [-0.1, -0.05) is 34.6 Å². The summed E-state index contributed by atoms with van der Waals surface area (Å²) in [5, 5.41) is 44.1. The lowest BCUT2D eigenvalue weighted by molar-refractivity contribution is -0.0441. The highest BCUT2D eigenvalue weighted by Gasteiger charge is 2.70. The van der Waals surface area contributed by atoms with E-state index in [1.54, 1.807) is 0 Å². The molecule has 3 aliphatic carbocycles.